The summed E-state index contributed by atoms with van der Waals surface area (Å²) in [7, 11) is 0. The van der Waals surface area contributed by atoms with Gasteiger partial charge in [0, 0.05) is 11.0 Å². The summed E-state index contributed by atoms with van der Waals surface area (Å²) in [4.78, 5) is 25.5. The van der Waals surface area contributed by atoms with Gasteiger partial charge in [-0.05, 0) is 27.4 Å². The molecule has 2 rings (SSSR count). The molecule has 0 bridgehead atoms. The number of hydrogen-bond acceptors (Lipinski definition) is 4. The number of ether oxygens (including phenoxy) is 1. The van der Waals surface area contributed by atoms with E-state index in [0.717, 1.165) is 4.47 Å². The van der Waals surface area contributed by atoms with Crippen LogP contribution in [-0.4, -0.2) is 42.9 Å². The van der Waals surface area contributed by atoms with Gasteiger partial charge < -0.3 is 9.64 Å². The van der Waals surface area contributed by atoms with E-state index in [2.05, 4.69) is 15.9 Å². The second-order valence-corrected chi connectivity index (χ2v) is 5.16. The fourth-order valence-electron chi connectivity index (χ4n) is 1.46. The lowest BCUT2D eigenvalue weighted by Crippen LogP contribution is -2.44. The Kier molecular flexibility index (Phi) is 3.73. The van der Waals surface area contributed by atoms with Crippen LogP contribution < -0.4 is 0 Å². The number of carbonyl (C=O) groups excluding carboxylic acids is 2. The molecule has 1 aromatic heterocycles. The van der Waals surface area contributed by atoms with E-state index in [-0.39, 0.29) is 24.8 Å². The lowest BCUT2D eigenvalue weighted by molar-refractivity contribution is -0.141. The van der Waals surface area contributed by atoms with E-state index < -0.39 is 0 Å². The van der Waals surface area contributed by atoms with Crippen molar-refractivity contribution in [3.8, 4) is 0 Å². The fourth-order valence-corrected chi connectivity index (χ4v) is 2.98. The number of thiophene rings is 1. The van der Waals surface area contributed by atoms with Gasteiger partial charge in [-0.3, -0.25) is 9.59 Å². The molecule has 2 heterocycles. The van der Waals surface area contributed by atoms with E-state index in [0.29, 0.717) is 18.0 Å². The van der Waals surface area contributed by atoms with Crippen molar-refractivity contribution in [3.63, 3.8) is 0 Å². The minimum atomic E-state index is -0.118. The van der Waals surface area contributed by atoms with E-state index in [1.165, 1.54) is 16.2 Å². The van der Waals surface area contributed by atoms with Crippen molar-refractivity contribution >= 4 is 39.0 Å². The summed E-state index contributed by atoms with van der Waals surface area (Å²) in [5, 5.41) is 1.85. The normalized spacial score (nSPS) is 16.6. The molecule has 0 atom stereocenters. The van der Waals surface area contributed by atoms with Crippen LogP contribution in [-0.2, 0) is 9.53 Å². The Morgan fingerprint density at radius 3 is 3.06 bits per heavy atom. The van der Waals surface area contributed by atoms with Gasteiger partial charge in [0.1, 0.15) is 6.61 Å². The zero-order valence-electron chi connectivity index (χ0n) is 8.44. The fraction of sp³-hybridized carbons (Fsp3) is 0.400. The molecule has 16 heavy (non-hydrogen) atoms. The summed E-state index contributed by atoms with van der Waals surface area (Å²) in [6.07, 6.45) is 0. The highest BCUT2D eigenvalue weighted by Gasteiger charge is 2.22. The third-order valence-corrected chi connectivity index (χ3v) is 4.17. The monoisotopic (exact) mass is 303 g/mol. The molecule has 0 radical (unpaired) electrons. The smallest absolute Gasteiger partial charge is 0.249 e. The highest BCUT2D eigenvalue weighted by atomic mass is 79.9. The van der Waals surface area contributed by atoms with Crippen LogP contribution in [0.4, 0.5) is 0 Å². The van der Waals surface area contributed by atoms with Crippen molar-refractivity contribution < 1.29 is 14.3 Å². The summed E-state index contributed by atoms with van der Waals surface area (Å²) in [5.74, 6) is -0.149. The number of Topliss-reactive ketones (excluding diaryl/α,β-unsaturated/α-hetero) is 1. The molecule has 1 aromatic rings. The topological polar surface area (TPSA) is 46.6 Å². The Hall–Kier alpha value is -0.720. The van der Waals surface area contributed by atoms with Gasteiger partial charge in [0.2, 0.25) is 5.91 Å². The van der Waals surface area contributed by atoms with E-state index >= 15 is 0 Å². The number of nitrogens with zero attached hydrogens (tertiary/aromatic N) is 1. The lowest BCUT2D eigenvalue weighted by Gasteiger charge is -2.25. The van der Waals surface area contributed by atoms with Crippen molar-refractivity contribution in [1.82, 2.24) is 4.90 Å². The maximum absolute atomic E-state index is 11.9. The van der Waals surface area contributed by atoms with E-state index in [1.807, 2.05) is 11.4 Å². The van der Waals surface area contributed by atoms with Crippen LogP contribution in [0, 0.1) is 0 Å². The van der Waals surface area contributed by atoms with Gasteiger partial charge in [0.05, 0.1) is 18.0 Å². The second-order valence-electron chi connectivity index (χ2n) is 3.39. The SMILES string of the molecule is O=C(CN1CCOCC1=O)c1sccc1Br. The molecule has 6 heteroatoms. The van der Waals surface area contributed by atoms with Gasteiger partial charge in [-0.2, -0.15) is 0 Å². The average Bonchev–Trinajstić information content (AvgIpc) is 2.68. The molecule has 4 nitrogen and oxygen atoms in total. The number of morpholine rings is 1. The minimum absolute atomic E-state index is 0.0304. The summed E-state index contributed by atoms with van der Waals surface area (Å²) < 4.78 is 5.79. The minimum Gasteiger partial charge on any atom is -0.370 e. The highest BCUT2D eigenvalue weighted by molar-refractivity contribution is 9.10. The van der Waals surface area contributed by atoms with Gasteiger partial charge in [0.15, 0.2) is 5.78 Å². The number of halogens is 1. The Labute approximate surface area is 105 Å². The number of hydrogen-bond donors (Lipinski definition) is 0. The number of carbonyl (C=O) groups is 2. The van der Waals surface area contributed by atoms with Crippen molar-refractivity contribution in [1.29, 1.82) is 0 Å². The van der Waals surface area contributed by atoms with E-state index in [9.17, 15) is 9.59 Å². The maximum atomic E-state index is 11.9. The van der Waals surface area contributed by atoms with Crippen molar-refractivity contribution in [3.05, 3.63) is 20.8 Å². The van der Waals surface area contributed by atoms with Crippen LogP contribution in [0.2, 0.25) is 0 Å². The predicted molar refractivity (Wildman–Crippen MR) is 63.7 cm³/mol. The summed E-state index contributed by atoms with van der Waals surface area (Å²) >= 11 is 4.69. The molecule has 0 aromatic carbocycles. The largest absolute Gasteiger partial charge is 0.370 e. The van der Waals surface area contributed by atoms with Crippen LogP contribution in [0.15, 0.2) is 15.9 Å². The van der Waals surface area contributed by atoms with Gasteiger partial charge in [-0.1, -0.05) is 0 Å². The first kappa shape index (κ1) is 11.8. The zero-order chi connectivity index (χ0) is 11.5. The number of rotatable bonds is 3. The van der Waals surface area contributed by atoms with Crippen molar-refractivity contribution in [2.45, 2.75) is 0 Å². The molecular formula is C10H10BrNO3S. The Morgan fingerprint density at radius 1 is 1.62 bits per heavy atom. The van der Waals surface area contributed by atoms with Crippen molar-refractivity contribution in [2.24, 2.45) is 0 Å². The molecule has 1 amide bonds. The summed E-state index contributed by atoms with van der Waals surface area (Å²) in [6, 6.07) is 1.83. The zero-order valence-corrected chi connectivity index (χ0v) is 10.8. The first-order chi connectivity index (χ1) is 7.68. The lowest BCUT2D eigenvalue weighted by atomic mass is 10.3. The van der Waals surface area contributed by atoms with Crippen LogP contribution in [0.25, 0.3) is 0 Å². The molecule has 1 aliphatic heterocycles. The maximum Gasteiger partial charge on any atom is 0.249 e. The molecule has 0 unspecified atom stereocenters. The van der Waals surface area contributed by atoms with Gasteiger partial charge in [-0.15, -0.1) is 11.3 Å². The third kappa shape index (κ3) is 2.50. The molecule has 1 aliphatic rings. The van der Waals surface area contributed by atoms with Crippen molar-refractivity contribution in [2.75, 3.05) is 26.3 Å². The molecule has 1 fully saturated rings. The molecule has 0 spiro atoms. The van der Waals surface area contributed by atoms with Crippen LogP contribution in [0.1, 0.15) is 9.67 Å². The standard InChI is InChI=1S/C10H10BrNO3S/c11-7-1-4-16-10(7)8(13)5-12-2-3-15-6-9(12)14/h1,4H,2-3,5-6H2. The quantitative estimate of drug-likeness (QED) is 0.796. The first-order valence-electron chi connectivity index (χ1n) is 4.80. The average molecular weight is 304 g/mol. The second kappa shape index (κ2) is 5.07. The Bertz CT molecular complexity index is 418. The molecule has 0 aliphatic carbocycles. The van der Waals surface area contributed by atoms with E-state index in [1.54, 1.807) is 0 Å². The van der Waals surface area contributed by atoms with Gasteiger partial charge >= 0.3 is 0 Å². The van der Waals surface area contributed by atoms with Crippen LogP contribution >= 0.6 is 27.3 Å². The first-order valence-corrected chi connectivity index (χ1v) is 6.47. The highest BCUT2D eigenvalue weighted by Crippen LogP contribution is 2.23. The molecule has 0 N–H and O–H groups in total. The number of amides is 1. The van der Waals surface area contributed by atoms with Gasteiger partial charge in [-0.25, -0.2) is 0 Å². The van der Waals surface area contributed by atoms with Crippen LogP contribution in [0.3, 0.4) is 0 Å². The van der Waals surface area contributed by atoms with Gasteiger partial charge in [0.25, 0.3) is 0 Å². The molecular weight excluding hydrogens is 294 g/mol. The predicted octanol–water partition coefficient (Wildman–Crippen LogP) is 1.55. The Balaban J connectivity index is 2.02. The summed E-state index contributed by atoms with van der Waals surface area (Å²) in [6.45, 7) is 1.22. The Morgan fingerprint density at radius 2 is 2.44 bits per heavy atom. The number of ketones is 1. The third-order valence-electron chi connectivity index (χ3n) is 2.29. The molecule has 1 saturated heterocycles. The van der Waals surface area contributed by atoms with Crippen LogP contribution in [0.5, 0.6) is 0 Å². The summed E-state index contributed by atoms with van der Waals surface area (Å²) in [5.41, 5.74) is 0. The molecule has 86 valence electrons. The van der Waals surface area contributed by atoms with E-state index in [4.69, 9.17) is 4.74 Å². The molecule has 0 saturated carbocycles.